The molecule has 1 heterocycles. The van der Waals surface area contributed by atoms with Crippen LogP contribution in [0.15, 0.2) is 35.3 Å². The first-order chi connectivity index (χ1) is 9.88. The fourth-order valence-electron chi connectivity index (χ4n) is 1.99. The molecule has 0 saturated carbocycles. The SMILES string of the molecule is COCCOCCN=C1NC(Cc2ccccc2)CS1. The van der Waals surface area contributed by atoms with Crippen LogP contribution >= 0.6 is 11.8 Å². The minimum absolute atomic E-state index is 0.482. The Bertz CT molecular complexity index is 412. The van der Waals surface area contributed by atoms with Crippen LogP contribution in [0.1, 0.15) is 5.56 Å². The predicted molar refractivity (Wildman–Crippen MR) is 84.5 cm³/mol. The minimum atomic E-state index is 0.482. The standard InChI is InChI=1S/C15H22N2O2S/c1-18-9-10-19-8-7-16-15-17-14(12-20-15)11-13-5-3-2-4-6-13/h2-6,14H,7-12H2,1H3,(H,16,17). The van der Waals surface area contributed by atoms with E-state index in [1.165, 1.54) is 5.56 Å². The maximum absolute atomic E-state index is 5.39. The van der Waals surface area contributed by atoms with Gasteiger partial charge < -0.3 is 14.8 Å². The molecule has 1 atom stereocenters. The molecule has 0 amide bonds. The molecule has 4 nitrogen and oxygen atoms in total. The molecule has 2 rings (SSSR count). The molecule has 0 radical (unpaired) electrons. The van der Waals surface area contributed by atoms with Crippen molar-refractivity contribution in [2.75, 3.05) is 39.2 Å². The first kappa shape index (κ1) is 15.4. The highest BCUT2D eigenvalue weighted by Gasteiger charge is 2.19. The lowest BCUT2D eigenvalue weighted by molar-refractivity contribution is 0.0748. The molecular formula is C15H22N2O2S. The number of benzene rings is 1. The van der Waals surface area contributed by atoms with Crippen molar-refractivity contribution >= 4 is 16.9 Å². The molecule has 1 unspecified atom stereocenters. The molecule has 0 aromatic heterocycles. The highest BCUT2D eigenvalue weighted by atomic mass is 32.2. The first-order valence-electron chi connectivity index (χ1n) is 6.93. The van der Waals surface area contributed by atoms with Crippen LogP contribution in [0.3, 0.4) is 0 Å². The second-order valence-electron chi connectivity index (χ2n) is 4.63. The monoisotopic (exact) mass is 294 g/mol. The van der Waals surface area contributed by atoms with E-state index in [1.54, 1.807) is 18.9 Å². The molecule has 0 aliphatic carbocycles. The van der Waals surface area contributed by atoms with Crippen molar-refractivity contribution in [1.29, 1.82) is 0 Å². The van der Waals surface area contributed by atoms with E-state index in [9.17, 15) is 0 Å². The fourth-order valence-corrected chi connectivity index (χ4v) is 2.99. The second-order valence-corrected chi connectivity index (χ2v) is 5.64. The highest BCUT2D eigenvalue weighted by Crippen LogP contribution is 2.17. The van der Waals surface area contributed by atoms with Crippen molar-refractivity contribution in [1.82, 2.24) is 5.32 Å². The molecule has 1 saturated heterocycles. The smallest absolute Gasteiger partial charge is 0.156 e. The Kier molecular flexibility index (Phi) is 6.91. The van der Waals surface area contributed by atoms with Gasteiger partial charge in [-0.2, -0.15) is 0 Å². The quantitative estimate of drug-likeness (QED) is 0.744. The summed E-state index contributed by atoms with van der Waals surface area (Å²) in [4.78, 5) is 4.52. The summed E-state index contributed by atoms with van der Waals surface area (Å²) in [5.74, 6) is 1.08. The van der Waals surface area contributed by atoms with Gasteiger partial charge in [0.25, 0.3) is 0 Å². The summed E-state index contributed by atoms with van der Waals surface area (Å²) in [5, 5.41) is 4.52. The second kappa shape index (κ2) is 9.00. The van der Waals surface area contributed by atoms with E-state index in [0.717, 1.165) is 17.3 Å². The third-order valence-electron chi connectivity index (χ3n) is 3.00. The average molecular weight is 294 g/mol. The van der Waals surface area contributed by atoms with Gasteiger partial charge in [0.1, 0.15) is 0 Å². The van der Waals surface area contributed by atoms with E-state index in [-0.39, 0.29) is 0 Å². The zero-order chi connectivity index (χ0) is 14.0. The van der Waals surface area contributed by atoms with Gasteiger partial charge in [0, 0.05) is 18.9 Å². The number of rotatable bonds is 8. The number of hydrogen-bond acceptors (Lipinski definition) is 4. The van der Waals surface area contributed by atoms with E-state index >= 15 is 0 Å². The summed E-state index contributed by atoms with van der Waals surface area (Å²) in [6, 6.07) is 11.1. The van der Waals surface area contributed by atoms with E-state index in [2.05, 4.69) is 40.6 Å². The summed E-state index contributed by atoms with van der Waals surface area (Å²) < 4.78 is 10.3. The first-order valence-corrected chi connectivity index (χ1v) is 7.91. The third kappa shape index (κ3) is 5.53. The number of nitrogens with zero attached hydrogens (tertiary/aromatic N) is 1. The zero-order valence-electron chi connectivity index (χ0n) is 11.9. The molecule has 1 aliphatic rings. The maximum Gasteiger partial charge on any atom is 0.156 e. The Hall–Kier alpha value is -1.04. The van der Waals surface area contributed by atoms with Gasteiger partial charge in [-0.1, -0.05) is 42.1 Å². The van der Waals surface area contributed by atoms with Crippen LogP contribution in [0.2, 0.25) is 0 Å². The van der Waals surface area contributed by atoms with E-state index in [0.29, 0.717) is 32.4 Å². The number of hydrogen-bond donors (Lipinski definition) is 1. The van der Waals surface area contributed by atoms with Crippen LogP contribution in [-0.4, -0.2) is 50.4 Å². The topological polar surface area (TPSA) is 42.9 Å². The van der Waals surface area contributed by atoms with Gasteiger partial charge in [-0.05, 0) is 12.0 Å². The van der Waals surface area contributed by atoms with E-state index < -0.39 is 0 Å². The summed E-state index contributed by atoms with van der Waals surface area (Å²) in [5.41, 5.74) is 1.37. The van der Waals surface area contributed by atoms with Crippen LogP contribution in [-0.2, 0) is 15.9 Å². The van der Waals surface area contributed by atoms with Gasteiger partial charge in [0.15, 0.2) is 5.17 Å². The Morgan fingerprint density at radius 1 is 1.25 bits per heavy atom. The van der Waals surface area contributed by atoms with E-state index in [4.69, 9.17) is 9.47 Å². The van der Waals surface area contributed by atoms with Gasteiger partial charge in [-0.15, -0.1) is 0 Å². The number of thioether (sulfide) groups is 1. The number of methoxy groups -OCH3 is 1. The molecule has 110 valence electrons. The Balaban J connectivity index is 1.64. The normalized spacial score (nSPS) is 20.2. The lowest BCUT2D eigenvalue weighted by atomic mass is 10.1. The molecular weight excluding hydrogens is 272 g/mol. The molecule has 1 fully saturated rings. The van der Waals surface area contributed by atoms with Crippen LogP contribution in [0, 0.1) is 0 Å². The van der Waals surface area contributed by atoms with Crippen molar-refractivity contribution in [3.8, 4) is 0 Å². The number of aliphatic imine (C=N–C) groups is 1. The molecule has 20 heavy (non-hydrogen) atoms. The van der Waals surface area contributed by atoms with E-state index in [1.807, 2.05) is 0 Å². The van der Waals surface area contributed by atoms with Crippen molar-refractivity contribution in [3.05, 3.63) is 35.9 Å². The van der Waals surface area contributed by atoms with Gasteiger partial charge in [-0.25, -0.2) is 0 Å². The van der Waals surface area contributed by atoms with Crippen molar-refractivity contribution < 1.29 is 9.47 Å². The molecule has 1 aliphatic heterocycles. The molecule has 1 N–H and O–H groups in total. The number of ether oxygens (including phenoxy) is 2. The molecule has 1 aromatic rings. The fraction of sp³-hybridized carbons (Fsp3) is 0.533. The van der Waals surface area contributed by atoms with Crippen LogP contribution < -0.4 is 5.32 Å². The lowest BCUT2D eigenvalue weighted by Gasteiger charge is -2.09. The van der Waals surface area contributed by atoms with Crippen molar-refractivity contribution in [2.45, 2.75) is 12.5 Å². The summed E-state index contributed by atoms with van der Waals surface area (Å²) in [7, 11) is 1.68. The Labute approximate surface area is 125 Å². The van der Waals surface area contributed by atoms with Crippen molar-refractivity contribution in [2.24, 2.45) is 4.99 Å². The van der Waals surface area contributed by atoms with Gasteiger partial charge in [-0.3, -0.25) is 4.99 Å². The minimum Gasteiger partial charge on any atom is -0.382 e. The number of amidine groups is 1. The summed E-state index contributed by atoms with van der Waals surface area (Å²) >= 11 is 1.80. The van der Waals surface area contributed by atoms with Crippen LogP contribution in [0.5, 0.6) is 0 Å². The molecule has 0 bridgehead atoms. The third-order valence-corrected chi connectivity index (χ3v) is 4.09. The molecule has 0 spiro atoms. The molecule has 5 heteroatoms. The van der Waals surface area contributed by atoms with Gasteiger partial charge >= 0.3 is 0 Å². The predicted octanol–water partition coefficient (Wildman–Crippen LogP) is 1.95. The largest absolute Gasteiger partial charge is 0.382 e. The summed E-state index contributed by atoms with van der Waals surface area (Å²) in [6.45, 7) is 2.64. The zero-order valence-corrected chi connectivity index (χ0v) is 12.7. The van der Waals surface area contributed by atoms with Gasteiger partial charge in [0.2, 0.25) is 0 Å². The van der Waals surface area contributed by atoms with Gasteiger partial charge in [0.05, 0.1) is 26.4 Å². The maximum atomic E-state index is 5.39. The molecule has 1 aromatic carbocycles. The summed E-state index contributed by atoms with van der Waals surface area (Å²) in [6.07, 6.45) is 1.05. The average Bonchev–Trinajstić information content (AvgIpc) is 2.91. The highest BCUT2D eigenvalue weighted by molar-refractivity contribution is 8.14. The van der Waals surface area contributed by atoms with Crippen LogP contribution in [0.4, 0.5) is 0 Å². The van der Waals surface area contributed by atoms with Crippen LogP contribution in [0.25, 0.3) is 0 Å². The lowest BCUT2D eigenvalue weighted by Crippen LogP contribution is -2.29. The van der Waals surface area contributed by atoms with Crippen molar-refractivity contribution in [3.63, 3.8) is 0 Å². The Morgan fingerprint density at radius 3 is 2.90 bits per heavy atom. The number of nitrogens with one attached hydrogen (secondary N) is 1. The Morgan fingerprint density at radius 2 is 2.10 bits per heavy atom.